The van der Waals surface area contributed by atoms with Crippen LogP contribution < -0.4 is 4.74 Å². The standard InChI is InChI=1S/C14H18O2/c15-14(12-7-3-1-4-8-12)11-16-13-9-5-2-6-10-13/h2,5-7,9-10,14-15H,1,3-4,8,11H2. The predicted octanol–water partition coefficient (Wildman–Crippen LogP) is 2.93. The summed E-state index contributed by atoms with van der Waals surface area (Å²) in [7, 11) is 0. The second-order valence-electron chi connectivity index (χ2n) is 4.16. The van der Waals surface area contributed by atoms with E-state index in [0.29, 0.717) is 6.61 Å². The van der Waals surface area contributed by atoms with E-state index in [9.17, 15) is 5.11 Å². The lowest BCUT2D eigenvalue weighted by atomic mass is 9.96. The molecule has 2 nitrogen and oxygen atoms in total. The van der Waals surface area contributed by atoms with Crippen LogP contribution in [-0.4, -0.2) is 17.8 Å². The first kappa shape index (κ1) is 11.2. The molecule has 0 saturated carbocycles. The molecule has 1 aliphatic rings. The first-order valence-electron chi connectivity index (χ1n) is 5.91. The van der Waals surface area contributed by atoms with Gasteiger partial charge in [-0.3, -0.25) is 0 Å². The van der Waals surface area contributed by atoms with Crippen molar-refractivity contribution in [1.82, 2.24) is 0 Å². The van der Waals surface area contributed by atoms with Gasteiger partial charge in [0.2, 0.25) is 0 Å². The van der Waals surface area contributed by atoms with Crippen LogP contribution in [0.15, 0.2) is 42.0 Å². The average molecular weight is 218 g/mol. The van der Waals surface area contributed by atoms with E-state index in [-0.39, 0.29) is 0 Å². The van der Waals surface area contributed by atoms with Crippen molar-refractivity contribution in [3.8, 4) is 5.75 Å². The fourth-order valence-electron chi connectivity index (χ4n) is 1.96. The van der Waals surface area contributed by atoms with E-state index >= 15 is 0 Å². The van der Waals surface area contributed by atoms with Crippen LogP contribution in [0.1, 0.15) is 25.7 Å². The highest BCUT2D eigenvalue weighted by atomic mass is 16.5. The SMILES string of the molecule is OC(COc1ccccc1)C1=CCCCC1. The van der Waals surface area contributed by atoms with Crippen molar-refractivity contribution in [2.45, 2.75) is 31.8 Å². The number of hydrogen-bond donors (Lipinski definition) is 1. The first-order chi connectivity index (χ1) is 7.86. The van der Waals surface area contributed by atoms with Crippen LogP contribution in [0.3, 0.4) is 0 Å². The van der Waals surface area contributed by atoms with E-state index in [1.807, 2.05) is 30.3 Å². The maximum absolute atomic E-state index is 9.94. The molecule has 0 saturated heterocycles. The fraction of sp³-hybridized carbons (Fsp3) is 0.429. The molecule has 1 N–H and O–H groups in total. The lowest BCUT2D eigenvalue weighted by molar-refractivity contribution is 0.131. The topological polar surface area (TPSA) is 29.5 Å². The van der Waals surface area contributed by atoms with Crippen molar-refractivity contribution in [2.24, 2.45) is 0 Å². The van der Waals surface area contributed by atoms with Crippen LogP contribution in [0.4, 0.5) is 0 Å². The minimum Gasteiger partial charge on any atom is -0.491 e. The summed E-state index contributed by atoms with van der Waals surface area (Å²) in [5.41, 5.74) is 1.14. The second-order valence-corrected chi connectivity index (χ2v) is 4.16. The molecule has 2 rings (SSSR count). The Balaban J connectivity index is 1.83. The van der Waals surface area contributed by atoms with E-state index in [1.165, 1.54) is 12.8 Å². The normalized spacial score (nSPS) is 17.7. The van der Waals surface area contributed by atoms with E-state index in [1.54, 1.807) is 0 Å². The van der Waals surface area contributed by atoms with Gasteiger partial charge in [0.15, 0.2) is 0 Å². The summed E-state index contributed by atoms with van der Waals surface area (Å²) in [6, 6.07) is 9.63. The largest absolute Gasteiger partial charge is 0.491 e. The minimum absolute atomic E-state index is 0.357. The Bertz CT molecular complexity index is 343. The maximum Gasteiger partial charge on any atom is 0.119 e. The zero-order chi connectivity index (χ0) is 11.2. The highest BCUT2D eigenvalue weighted by molar-refractivity contribution is 5.21. The third-order valence-electron chi connectivity index (χ3n) is 2.91. The summed E-state index contributed by atoms with van der Waals surface area (Å²) < 4.78 is 5.53. The molecule has 1 aromatic carbocycles. The van der Waals surface area contributed by atoms with E-state index in [0.717, 1.165) is 24.2 Å². The molecule has 0 aromatic heterocycles. The fourth-order valence-corrected chi connectivity index (χ4v) is 1.96. The third kappa shape index (κ3) is 3.11. The Kier molecular flexibility index (Phi) is 4.00. The van der Waals surface area contributed by atoms with Gasteiger partial charge in [-0.2, -0.15) is 0 Å². The summed E-state index contributed by atoms with van der Waals surface area (Å²) >= 11 is 0. The number of allylic oxidation sites excluding steroid dienone is 1. The van der Waals surface area contributed by atoms with Crippen molar-refractivity contribution in [3.63, 3.8) is 0 Å². The van der Waals surface area contributed by atoms with Crippen molar-refractivity contribution < 1.29 is 9.84 Å². The van der Waals surface area contributed by atoms with Crippen molar-refractivity contribution in [2.75, 3.05) is 6.61 Å². The van der Waals surface area contributed by atoms with Gasteiger partial charge in [-0.1, -0.05) is 24.3 Å². The van der Waals surface area contributed by atoms with E-state index in [2.05, 4.69) is 6.08 Å². The molecule has 0 fully saturated rings. The Hall–Kier alpha value is -1.28. The van der Waals surface area contributed by atoms with Crippen molar-refractivity contribution in [1.29, 1.82) is 0 Å². The molecule has 0 bridgehead atoms. The molecule has 0 amide bonds. The van der Waals surface area contributed by atoms with Gasteiger partial charge in [-0.25, -0.2) is 0 Å². The zero-order valence-electron chi connectivity index (χ0n) is 9.43. The molecular formula is C14H18O2. The Morgan fingerprint density at radius 1 is 1.19 bits per heavy atom. The van der Waals surface area contributed by atoms with Gasteiger partial charge in [-0.05, 0) is 43.4 Å². The summed E-state index contributed by atoms with van der Waals surface area (Å²) in [6.45, 7) is 0.357. The van der Waals surface area contributed by atoms with Gasteiger partial charge in [0, 0.05) is 0 Å². The highest BCUT2D eigenvalue weighted by Gasteiger charge is 2.13. The van der Waals surface area contributed by atoms with Gasteiger partial charge in [0.25, 0.3) is 0 Å². The van der Waals surface area contributed by atoms with E-state index in [4.69, 9.17) is 4.74 Å². The third-order valence-corrected chi connectivity index (χ3v) is 2.91. The van der Waals surface area contributed by atoms with Gasteiger partial charge in [-0.15, -0.1) is 0 Å². The Labute approximate surface area is 96.6 Å². The molecule has 2 heteroatoms. The molecular weight excluding hydrogens is 200 g/mol. The average Bonchev–Trinajstić information content (AvgIpc) is 2.38. The Morgan fingerprint density at radius 3 is 2.69 bits per heavy atom. The maximum atomic E-state index is 9.94. The smallest absolute Gasteiger partial charge is 0.119 e. The number of hydrogen-bond acceptors (Lipinski definition) is 2. The molecule has 1 aliphatic carbocycles. The van der Waals surface area contributed by atoms with E-state index < -0.39 is 6.10 Å². The molecule has 86 valence electrons. The van der Waals surface area contributed by atoms with Crippen LogP contribution in [0, 0.1) is 0 Å². The second kappa shape index (κ2) is 5.71. The Morgan fingerprint density at radius 2 is 2.00 bits per heavy atom. The number of para-hydroxylation sites is 1. The van der Waals surface area contributed by atoms with Gasteiger partial charge in [0.05, 0.1) is 0 Å². The molecule has 16 heavy (non-hydrogen) atoms. The number of aliphatic hydroxyl groups is 1. The summed E-state index contributed by atoms with van der Waals surface area (Å²) in [4.78, 5) is 0. The molecule has 0 radical (unpaired) electrons. The monoisotopic (exact) mass is 218 g/mol. The number of aliphatic hydroxyl groups excluding tert-OH is 1. The lowest BCUT2D eigenvalue weighted by Crippen LogP contribution is -2.21. The van der Waals surface area contributed by atoms with Crippen molar-refractivity contribution >= 4 is 0 Å². The number of ether oxygens (including phenoxy) is 1. The van der Waals surface area contributed by atoms with Crippen LogP contribution >= 0.6 is 0 Å². The number of benzene rings is 1. The highest BCUT2D eigenvalue weighted by Crippen LogP contribution is 2.21. The van der Waals surface area contributed by atoms with Crippen LogP contribution in [0.25, 0.3) is 0 Å². The quantitative estimate of drug-likeness (QED) is 0.787. The van der Waals surface area contributed by atoms with Gasteiger partial charge < -0.3 is 9.84 Å². The molecule has 1 aromatic rings. The zero-order valence-corrected chi connectivity index (χ0v) is 9.43. The minimum atomic E-state index is -0.444. The molecule has 0 heterocycles. The first-order valence-corrected chi connectivity index (χ1v) is 5.91. The summed E-state index contributed by atoms with van der Waals surface area (Å²) in [5.74, 6) is 0.818. The summed E-state index contributed by atoms with van der Waals surface area (Å²) in [6.07, 6.45) is 6.25. The van der Waals surface area contributed by atoms with Crippen molar-refractivity contribution in [3.05, 3.63) is 42.0 Å². The molecule has 0 spiro atoms. The van der Waals surface area contributed by atoms with Gasteiger partial charge in [0.1, 0.15) is 18.5 Å². The van der Waals surface area contributed by atoms with Crippen LogP contribution in [0.2, 0.25) is 0 Å². The molecule has 1 unspecified atom stereocenters. The molecule has 0 aliphatic heterocycles. The predicted molar refractivity (Wildman–Crippen MR) is 64.5 cm³/mol. The van der Waals surface area contributed by atoms with Gasteiger partial charge >= 0.3 is 0 Å². The van der Waals surface area contributed by atoms with Crippen LogP contribution in [0.5, 0.6) is 5.75 Å². The lowest BCUT2D eigenvalue weighted by Gasteiger charge is -2.18. The summed E-state index contributed by atoms with van der Waals surface area (Å²) in [5, 5.41) is 9.94. The van der Waals surface area contributed by atoms with Crippen LogP contribution in [-0.2, 0) is 0 Å². The molecule has 1 atom stereocenters. The number of rotatable bonds is 4.